The fourth-order valence-corrected chi connectivity index (χ4v) is 2.73. The van der Waals surface area contributed by atoms with Crippen LogP contribution in [0.15, 0.2) is 42.6 Å². The Morgan fingerprint density at radius 3 is 1.88 bits per heavy atom. The first-order chi connectivity index (χ1) is 15.8. The lowest BCUT2D eigenvalue weighted by molar-refractivity contribution is -0.134. The molecule has 1 aromatic rings. The van der Waals surface area contributed by atoms with Gasteiger partial charge in [0.15, 0.2) is 0 Å². The lowest BCUT2D eigenvalue weighted by Gasteiger charge is -2.21. The minimum Gasteiger partial charge on any atom is -0.478 e. The van der Waals surface area contributed by atoms with Gasteiger partial charge in [-0.25, -0.2) is 19.2 Å². The van der Waals surface area contributed by atoms with Gasteiger partial charge >= 0.3 is 23.9 Å². The zero-order chi connectivity index (χ0) is 26.3. The number of aliphatic carboxylic acids is 4. The summed E-state index contributed by atoms with van der Waals surface area (Å²) < 4.78 is 0. The Labute approximate surface area is 196 Å². The highest BCUT2D eigenvalue weighted by Crippen LogP contribution is 2.21. The van der Waals surface area contributed by atoms with Gasteiger partial charge < -0.3 is 30.2 Å². The van der Waals surface area contributed by atoms with Gasteiger partial charge in [-0.1, -0.05) is 0 Å². The molecule has 2 heterocycles. The Morgan fingerprint density at radius 1 is 1.00 bits per heavy atom. The van der Waals surface area contributed by atoms with Crippen molar-refractivity contribution in [1.82, 2.24) is 14.8 Å². The van der Waals surface area contributed by atoms with Crippen LogP contribution in [0.5, 0.6) is 0 Å². The third-order valence-corrected chi connectivity index (χ3v) is 4.20. The van der Waals surface area contributed by atoms with Crippen molar-refractivity contribution in [2.24, 2.45) is 5.92 Å². The second kappa shape index (κ2) is 15.7. The molecule has 0 spiro atoms. The van der Waals surface area contributed by atoms with Crippen LogP contribution in [0.25, 0.3) is 0 Å². The molecule has 1 aliphatic heterocycles. The van der Waals surface area contributed by atoms with Crippen LogP contribution in [-0.2, 0) is 25.6 Å². The average molecular weight is 479 g/mol. The van der Waals surface area contributed by atoms with E-state index < -0.39 is 23.9 Å². The summed E-state index contributed by atoms with van der Waals surface area (Å²) in [5, 5.41) is 31.2. The van der Waals surface area contributed by atoms with Crippen LogP contribution >= 0.6 is 0 Å². The van der Waals surface area contributed by atoms with E-state index in [1.165, 1.54) is 0 Å². The van der Waals surface area contributed by atoms with E-state index in [1.807, 2.05) is 24.1 Å². The van der Waals surface area contributed by atoms with E-state index in [0.29, 0.717) is 30.2 Å². The van der Waals surface area contributed by atoms with Crippen LogP contribution in [0.2, 0.25) is 0 Å². The van der Waals surface area contributed by atoms with Gasteiger partial charge in [0, 0.05) is 44.1 Å². The van der Waals surface area contributed by atoms with Crippen LogP contribution < -0.4 is 0 Å². The van der Waals surface area contributed by atoms with Crippen molar-refractivity contribution in [3.05, 3.63) is 53.9 Å². The summed E-state index contributed by atoms with van der Waals surface area (Å²) in [6.45, 7) is 1.87. The quantitative estimate of drug-likeness (QED) is 0.403. The predicted octanol–water partition coefficient (Wildman–Crippen LogP) is 0.701. The first kappa shape index (κ1) is 29.9. The summed E-state index contributed by atoms with van der Waals surface area (Å²) in [7, 11) is 6.04. The van der Waals surface area contributed by atoms with Crippen molar-refractivity contribution in [2.75, 3.05) is 34.2 Å². The largest absolute Gasteiger partial charge is 0.478 e. The van der Waals surface area contributed by atoms with Crippen LogP contribution in [0.3, 0.4) is 0 Å². The fraction of sp³-hybridized carbons (Fsp3) is 0.364. The molecule has 34 heavy (non-hydrogen) atoms. The van der Waals surface area contributed by atoms with Crippen molar-refractivity contribution in [1.29, 1.82) is 0 Å². The Hall–Kier alpha value is -4.06. The first-order valence-corrected chi connectivity index (χ1v) is 9.95. The molecule has 0 aromatic carbocycles. The monoisotopic (exact) mass is 479 g/mol. The molecule has 1 atom stereocenters. The average Bonchev–Trinajstić information content (AvgIpc) is 2.86. The highest BCUT2D eigenvalue weighted by molar-refractivity contribution is 5.95. The number of carboxylic acid groups (broad SMARTS) is 4. The molecule has 12 nitrogen and oxygen atoms in total. The zero-order valence-electron chi connectivity index (χ0n) is 19.1. The maximum Gasteiger partial charge on any atom is 0.328 e. The molecule has 12 heteroatoms. The van der Waals surface area contributed by atoms with E-state index in [9.17, 15) is 24.0 Å². The molecular weight excluding hydrogens is 450 g/mol. The standard InChI is InChI=1S/C14H21N3O.2C4H4O4/c1-16(2)8-6-11-9-13-12(5-4-7-15-13)14(18)17(3)10-11;2*5-3(6)1-2-4(7)8/h4-5,7,11H,6,8-10H2,1-3H3;2*1-2H,(H,5,6)(H,7,8). The third kappa shape index (κ3) is 14.1. The molecule has 1 unspecified atom stereocenters. The van der Waals surface area contributed by atoms with E-state index in [-0.39, 0.29) is 5.91 Å². The molecule has 0 saturated heterocycles. The molecule has 1 aliphatic rings. The molecule has 186 valence electrons. The van der Waals surface area contributed by atoms with Gasteiger partial charge in [0.05, 0.1) is 11.3 Å². The molecule has 1 amide bonds. The SMILES string of the molecule is CN(C)CCC1Cc2ncccc2C(=O)N(C)C1.O=C(O)C=CC(=O)O.O=C(O)C=CC(=O)O. The van der Waals surface area contributed by atoms with E-state index in [4.69, 9.17) is 20.4 Å². The van der Waals surface area contributed by atoms with Gasteiger partial charge in [0.25, 0.3) is 5.91 Å². The van der Waals surface area contributed by atoms with Crippen molar-refractivity contribution in [2.45, 2.75) is 12.8 Å². The minimum absolute atomic E-state index is 0.102. The van der Waals surface area contributed by atoms with Gasteiger partial charge in [-0.2, -0.15) is 0 Å². The van der Waals surface area contributed by atoms with E-state index in [1.54, 1.807) is 6.20 Å². The zero-order valence-corrected chi connectivity index (χ0v) is 19.1. The number of rotatable bonds is 7. The van der Waals surface area contributed by atoms with Gasteiger partial charge in [0.2, 0.25) is 0 Å². The molecule has 2 rings (SSSR count). The number of amides is 1. The van der Waals surface area contributed by atoms with Crippen LogP contribution in [0, 0.1) is 5.92 Å². The van der Waals surface area contributed by atoms with Gasteiger partial charge in [-0.3, -0.25) is 9.78 Å². The molecule has 0 fully saturated rings. The summed E-state index contributed by atoms with van der Waals surface area (Å²) in [4.78, 5) is 58.8. The highest BCUT2D eigenvalue weighted by atomic mass is 16.4. The van der Waals surface area contributed by atoms with E-state index in [0.717, 1.165) is 37.2 Å². The first-order valence-electron chi connectivity index (χ1n) is 9.95. The molecule has 1 aromatic heterocycles. The van der Waals surface area contributed by atoms with E-state index in [2.05, 4.69) is 24.0 Å². The number of hydrogen-bond donors (Lipinski definition) is 4. The number of pyridine rings is 1. The van der Waals surface area contributed by atoms with Crippen LogP contribution in [0.4, 0.5) is 0 Å². The van der Waals surface area contributed by atoms with Crippen molar-refractivity contribution < 1.29 is 44.4 Å². The molecule has 0 aliphatic carbocycles. The Balaban J connectivity index is 0.000000570. The maximum atomic E-state index is 12.2. The van der Waals surface area contributed by atoms with Crippen molar-refractivity contribution in [3.8, 4) is 0 Å². The second-order valence-electron chi connectivity index (χ2n) is 7.37. The van der Waals surface area contributed by atoms with Gasteiger partial charge in [-0.15, -0.1) is 0 Å². The topological polar surface area (TPSA) is 186 Å². The third-order valence-electron chi connectivity index (χ3n) is 4.20. The van der Waals surface area contributed by atoms with Crippen LogP contribution in [-0.4, -0.2) is 99.2 Å². The number of aromatic nitrogens is 1. The molecule has 0 bridgehead atoms. The number of nitrogens with zero attached hydrogens (tertiary/aromatic N) is 3. The minimum atomic E-state index is -1.26. The lowest BCUT2D eigenvalue weighted by atomic mass is 9.98. The van der Waals surface area contributed by atoms with Crippen LogP contribution in [0.1, 0.15) is 22.5 Å². The summed E-state index contributed by atoms with van der Waals surface area (Å²) in [5.74, 6) is -4.43. The summed E-state index contributed by atoms with van der Waals surface area (Å²) in [6.07, 6.45) is 6.01. The predicted molar refractivity (Wildman–Crippen MR) is 120 cm³/mol. The fourth-order valence-electron chi connectivity index (χ4n) is 2.73. The summed E-state index contributed by atoms with van der Waals surface area (Å²) in [6, 6.07) is 3.72. The number of fused-ring (bicyclic) bond motifs is 1. The van der Waals surface area contributed by atoms with Crippen molar-refractivity contribution >= 4 is 29.8 Å². The Morgan fingerprint density at radius 2 is 1.47 bits per heavy atom. The van der Waals surface area contributed by atoms with Gasteiger partial charge in [-0.05, 0) is 51.5 Å². The van der Waals surface area contributed by atoms with E-state index >= 15 is 0 Å². The molecule has 4 N–H and O–H groups in total. The number of carbonyl (C=O) groups is 5. The Bertz CT molecular complexity index is 860. The Kier molecular flexibility index (Phi) is 13.8. The number of carboxylic acids is 4. The number of hydrogen-bond acceptors (Lipinski definition) is 7. The molecule has 0 saturated carbocycles. The normalized spacial score (nSPS) is 15.0. The maximum absolute atomic E-state index is 12.2. The number of carbonyl (C=O) groups excluding carboxylic acids is 1. The highest BCUT2D eigenvalue weighted by Gasteiger charge is 2.25. The van der Waals surface area contributed by atoms with Crippen molar-refractivity contribution in [3.63, 3.8) is 0 Å². The molecule has 0 radical (unpaired) electrons. The lowest BCUT2D eigenvalue weighted by Crippen LogP contribution is -2.31. The summed E-state index contributed by atoms with van der Waals surface area (Å²) in [5.41, 5.74) is 1.72. The smallest absolute Gasteiger partial charge is 0.328 e. The molecular formula is C22H29N3O9. The van der Waals surface area contributed by atoms with Gasteiger partial charge in [0.1, 0.15) is 0 Å². The second-order valence-corrected chi connectivity index (χ2v) is 7.37. The summed E-state index contributed by atoms with van der Waals surface area (Å²) >= 11 is 0.